The molecule has 0 aromatic carbocycles. The molecule has 0 amide bonds. The van der Waals surface area contributed by atoms with E-state index in [9.17, 15) is 0 Å². The van der Waals surface area contributed by atoms with Crippen LogP contribution in [-0.4, -0.2) is 30.8 Å². The van der Waals surface area contributed by atoms with Crippen molar-refractivity contribution in [3.05, 3.63) is 5.89 Å². The lowest BCUT2D eigenvalue weighted by atomic mass is 9.84. The Hall–Kier alpha value is -1.10. The Labute approximate surface area is 97.0 Å². The number of hydrogen-bond donors (Lipinski definition) is 1. The van der Waals surface area contributed by atoms with E-state index in [1.807, 2.05) is 19.0 Å². The molecule has 0 bridgehead atoms. The SMILES string of the molecule is CN(C)c1noc(CCC(C)(C)CCN)n1. The van der Waals surface area contributed by atoms with Crippen molar-refractivity contribution in [3.63, 3.8) is 0 Å². The fourth-order valence-electron chi connectivity index (χ4n) is 1.49. The van der Waals surface area contributed by atoms with Gasteiger partial charge in [-0.3, -0.25) is 0 Å². The molecule has 0 unspecified atom stereocenters. The number of hydrogen-bond acceptors (Lipinski definition) is 5. The van der Waals surface area contributed by atoms with E-state index in [1.54, 1.807) is 0 Å². The highest BCUT2D eigenvalue weighted by atomic mass is 16.5. The van der Waals surface area contributed by atoms with Gasteiger partial charge in [-0.05, 0) is 30.0 Å². The summed E-state index contributed by atoms with van der Waals surface area (Å²) in [7, 11) is 3.79. The van der Waals surface area contributed by atoms with Crippen LogP contribution < -0.4 is 10.6 Å². The van der Waals surface area contributed by atoms with Gasteiger partial charge in [0.25, 0.3) is 5.95 Å². The highest BCUT2D eigenvalue weighted by molar-refractivity contribution is 5.23. The molecule has 16 heavy (non-hydrogen) atoms. The first-order chi connectivity index (χ1) is 7.44. The minimum Gasteiger partial charge on any atom is -0.344 e. The van der Waals surface area contributed by atoms with Gasteiger partial charge < -0.3 is 15.2 Å². The van der Waals surface area contributed by atoms with Crippen LogP contribution in [-0.2, 0) is 6.42 Å². The summed E-state index contributed by atoms with van der Waals surface area (Å²) in [5.74, 6) is 1.33. The highest BCUT2D eigenvalue weighted by Crippen LogP contribution is 2.26. The number of nitrogens with zero attached hydrogens (tertiary/aromatic N) is 3. The number of aromatic nitrogens is 2. The van der Waals surface area contributed by atoms with Crippen LogP contribution >= 0.6 is 0 Å². The number of anilines is 1. The second-order valence-corrected chi connectivity index (χ2v) is 5.09. The van der Waals surface area contributed by atoms with Crippen molar-refractivity contribution in [3.8, 4) is 0 Å². The van der Waals surface area contributed by atoms with Gasteiger partial charge in [0.2, 0.25) is 5.89 Å². The third kappa shape index (κ3) is 3.81. The average molecular weight is 226 g/mol. The zero-order valence-corrected chi connectivity index (χ0v) is 10.7. The van der Waals surface area contributed by atoms with Gasteiger partial charge in [-0.15, -0.1) is 0 Å². The zero-order valence-electron chi connectivity index (χ0n) is 10.7. The molecule has 0 aliphatic rings. The Bertz CT molecular complexity index is 320. The van der Waals surface area contributed by atoms with Crippen LogP contribution in [0.4, 0.5) is 5.95 Å². The van der Waals surface area contributed by atoms with E-state index in [1.165, 1.54) is 0 Å². The van der Waals surface area contributed by atoms with Crippen LogP contribution in [0.15, 0.2) is 4.52 Å². The average Bonchev–Trinajstić information content (AvgIpc) is 2.63. The van der Waals surface area contributed by atoms with Gasteiger partial charge in [-0.1, -0.05) is 13.8 Å². The number of nitrogens with two attached hydrogens (primary N) is 1. The van der Waals surface area contributed by atoms with Crippen molar-refractivity contribution < 1.29 is 4.52 Å². The van der Waals surface area contributed by atoms with Crippen LogP contribution in [0.25, 0.3) is 0 Å². The van der Waals surface area contributed by atoms with E-state index >= 15 is 0 Å². The quantitative estimate of drug-likeness (QED) is 0.795. The monoisotopic (exact) mass is 226 g/mol. The van der Waals surface area contributed by atoms with Crippen molar-refractivity contribution in [1.82, 2.24) is 10.1 Å². The second kappa shape index (κ2) is 5.30. The fourth-order valence-corrected chi connectivity index (χ4v) is 1.49. The number of aryl methyl sites for hydroxylation is 1. The Morgan fingerprint density at radius 3 is 2.50 bits per heavy atom. The third-order valence-corrected chi connectivity index (χ3v) is 2.69. The summed E-state index contributed by atoms with van der Waals surface area (Å²) in [6, 6.07) is 0. The van der Waals surface area contributed by atoms with Gasteiger partial charge in [0, 0.05) is 20.5 Å². The lowest BCUT2D eigenvalue weighted by molar-refractivity contribution is 0.289. The second-order valence-electron chi connectivity index (χ2n) is 5.09. The molecule has 1 aromatic rings. The van der Waals surface area contributed by atoms with Crippen LogP contribution in [0.2, 0.25) is 0 Å². The summed E-state index contributed by atoms with van der Waals surface area (Å²) in [6.45, 7) is 5.14. The molecule has 1 rings (SSSR count). The zero-order chi connectivity index (χ0) is 12.2. The summed E-state index contributed by atoms with van der Waals surface area (Å²) in [5, 5.41) is 3.88. The number of rotatable bonds is 6. The summed E-state index contributed by atoms with van der Waals surface area (Å²) in [6.07, 6.45) is 2.84. The van der Waals surface area contributed by atoms with Gasteiger partial charge in [0.15, 0.2) is 0 Å². The summed E-state index contributed by atoms with van der Waals surface area (Å²) in [4.78, 5) is 6.12. The summed E-state index contributed by atoms with van der Waals surface area (Å²) in [5.41, 5.74) is 5.81. The molecule has 1 heterocycles. The molecule has 2 N–H and O–H groups in total. The Morgan fingerprint density at radius 1 is 1.31 bits per heavy atom. The molecule has 0 fully saturated rings. The molecule has 1 aromatic heterocycles. The van der Waals surface area contributed by atoms with Crippen LogP contribution in [0.1, 0.15) is 32.6 Å². The molecule has 0 saturated carbocycles. The molecule has 5 heteroatoms. The van der Waals surface area contributed by atoms with Crippen molar-refractivity contribution in [2.24, 2.45) is 11.1 Å². The van der Waals surface area contributed by atoms with E-state index in [4.69, 9.17) is 10.3 Å². The smallest absolute Gasteiger partial charge is 0.265 e. The lowest BCUT2D eigenvalue weighted by Gasteiger charge is -2.22. The molecule has 0 atom stereocenters. The maximum atomic E-state index is 5.57. The molecule has 92 valence electrons. The summed E-state index contributed by atoms with van der Waals surface area (Å²) < 4.78 is 5.17. The molecular formula is C11H22N4O. The minimum atomic E-state index is 0.238. The largest absolute Gasteiger partial charge is 0.344 e. The topological polar surface area (TPSA) is 68.2 Å². The molecule has 0 radical (unpaired) electrons. The van der Waals surface area contributed by atoms with Crippen molar-refractivity contribution in [1.29, 1.82) is 0 Å². The first-order valence-corrected chi connectivity index (χ1v) is 5.64. The Kier molecular flexibility index (Phi) is 4.29. The molecule has 0 aliphatic carbocycles. The Balaban J connectivity index is 2.48. The van der Waals surface area contributed by atoms with E-state index < -0.39 is 0 Å². The van der Waals surface area contributed by atoms with Gasteiger partial charge in [-0.2, -0.15) is 4.98 Å². The molecule has 5 nitrogen and oxygen atoms in total. The van der Waals surface area contributed by atoms with Crippen LogP contribution in [0.3, 0.4) is 0 Å². The predicted octanol–water partition coefficient (Wildman–Crippen LogP) is 1.44. The van der Waals surface area contributed by atoms with E-state index in [0.717, 1.165) is 25.8 Å². The first-order valence-electron chi connectivity index (χ1n) is 5.64. The molecule has 0 saturated heterocycles. The third-order valence-electron chi connectivity index (χ3n) is 2.69. The Morgan fingerprint density at radius 2 is 2.00 bits per heavy atom. The van der Waals surface area contributed by atoms with E-state index in [2.05, 4.69) is 24.0 Å². The molecular weight excluding hydrogens is 204 g/mol. The van der Waals surface area contributed by atoms with Gasteiger partial charge in [-0.25, -0.2) is 0 Å². The predicted molar refractivity (Wildman–Crippen MR) is 64.4 cm³/mol. The minimum absolute atomic E-state index is 0.238. The van der Waals surface area contributed by atoms with Crippen LogP contribution in [0, 0.1) is 5.41 Å². The standard InChI is InChI=1S/C11H22N4O/c1-11(2,7-8-12)6-5-9-13-10(14-16-9)15(3)4/h5-8,12H2,1-4H3. The lowest BCUT2D eigenvalue weighted by Crippen LogP contribution is -2.18. The maximum absolute atomic E-state index is 5.57. The molecule has 0 aliphatic heterocycles. The molecule has 0 spiro atoms. The van der Waals surface area contributed by atoms with E-state index in [-0.39, 0.29) is 5.41 Å². The van der Waals surface area contributed by atoms with Gasteiger partial charge in [0.1, 0.15) is 0 Å². The van der Waals surface area contributed by atoms with E-state index in [0.29, 0.717) is 11.8 Å². The summed E-state index contributed by atoms with van der Waals surface area (Å²) >= 11 is 0. The van der Waals surface area contributed by atoms with Crippen molar-refractivity contribution in [2.75, 3.05) is 25.5 Å². The normalized spacial score (nSPS) is 11.8. The fraction of sp³-hybridized carbons (Fsp3) is 0.818. The van der Waals surface area contributed by atoms with Crippen LogP contribution in [0.5, 0.6) is 0 Å². The van der Waals surface area contributed by atoms with Gasteiger partial charge >= 0.3 is 0 Å². The maximum Gasteiger partial charge on any atom is 0.265 e. The van der Waals surface area contributed by atoms with Gasteiger partial charge in [0.05, 0.1) is 0 Å². The van der Waals surface area contributed by atoms with Crippen molar-refractivity contribution >= 4 is 5.95 Å². The first kappa shape index (κ1) is 13.0. The highest BCUT2D eigenvalue weighted by Gasteiger charge is 2.18. The van der Waals surface area contributed by atoms with Crippen molar-refractivity contribution in [2.45, 2.75) is 33.1 Å².